The first-order valence-electron chi connectivity index (χ1n) is 8.41. The number of ether oxygens (including phenoxy) is 1. The Balaban J connectivity index is 1.94. The van der Waals surface area contributed by atoms with Crippen LogP contribution in [0.4, 0.5) is 36.8 Å². The average Bonchev–Trinajstić information content (AvgIpc) is 2.92. The van der Waals surface area contributed by atoms with Crippen molar-refractivity contribution in [2.75, 3.05) is 4.90 Å². The van der Waals surface area contributed by atoms with Crippen LogP contribution in [0.15, 0.2) is 48.5 Å². The van der Waals surface area contributed by atoms with Crippen LogP contribution in [0.2, 0.25) is 5.02 Å². The van der Waals surface area contributed by atoms with Crippen molar-refractivity contribution in [2.24, 2.45) is 0 Å². The number of benzene rings is 2. The summed E-state index contributed by atoms with van der Waals surface area (Å²) in [7, 11) is 0. The van der Waals surface area contributed by atoms with Crippen LogP contribution in [-0.4, -0.2) is 36.0 Å². The Kier molecular flexibility index (Phi) is 5.72. The molecule has 7 nitrogen and oxygen atoms in total. The summed E-state index contributed by atoms with van der Waals surface area (Å²) in [5, 5.41) is 2.92. The Morgan fingerprint density at radius 2 is 1.66 bits per heavy atom. The minimum atomic E-state index is -5.48. The second-order valence-corrected chi connectivity index (χ2v) is 6.76. The molecule has 0 aliphatic carbocycles. The third-order valence-electron chi connectivity index (χ3n) is 4.16. The summed E-state index contributed by atoms with van der Waals surface area (Å²) in [4.78, 5) is 37.3. The monoisotopic (exact) mass is 481 g/mol. The molecule has 1 atom stereocenters. The van der Waals surface area contributed by atoms with Crippen LogP contribution in [0, 0.1) is 0 Å². The van der Waals surface area contributed by atoms with Crippen LogP contribution in [0.3, 0.4) is 0 Å². The van der Waals surface area contributed by atoms with Crippen LogP contribution in [0.5, 0.6) is 5.75 Å². The van der Waals surface area contributed by atoms with Crippen molar-refractivity contribution in [1.29, 1.82) is 0 Å². The van der Waals surface area contributed by atoms with Gasteiger partial charge >= 0.3 is 18.6 Å². The van der Waals surface area contributed by atoms with E-state index < -0.39 is 47.5 Å². The van der Waals surface area contributed by atoms with Crippen molar-refractivity contribution >= 4 is 35.1 Å². The van der Waals surface area contributed by atoms with Crippen molar-refractivity contribution in [1.82, 2.24) is 10.6 Å². The van der Waals surface area contributed by atoms with E-state index >= 15 is 0 Å². The molecule has 2 aromatic rings. The van der Waals surface area contributed by atoms with E-state index in [0.29, 0.717) is 12.1 Å². The fourth-order valence-electron chi connectivity index (χ4n) is 2.78. The highest BCUT2D eigenvalue weighted by atomic mass is 35.5. The number of urea groups is 1. The average molecular weight is 482 g/mol. The predicted molar refractivity (Wildman–Crippen MR) is 96.8 cm³/mol. The van der Waals surface area contributed by atoms with Gasteiger partial charge in [-0.2, -0.15) is 13.2 Å². The molecule has 1 aliphatic heterocycles. The maximum atomic E-state index is 13.9. The van der Waals surface area contributed by atoms with Crippen molar-refractivity contribution < 1.29 is 45.5 Å². The summed E-state index contributed by atoms with van der Waals surface area (Å²) >= 11 is 5.71. The lowest BCUT2D eigenvalue weighted by Crippen LogP contribution is -2.69. The summed E-state index contributed by atoms with van der Waals surface area (Å²) < 4.78 is 82.1. The molecule has 32 heavy (non-hydrogen) atoms. The Labute approximate surface area is 179 Å². The lowest BCUT2D eigenvalue weighted by Gasteiger charge is -2.29. The van der Waals surface area contributed by atoms with Crippen molar-refractivity contribution in [3.63, 3.8) is 0 Å². The maximum Gasteiger partial charge on any atom is 0.573 e. The number of halogens is 7. The second-order valence-electron chi connectivity index (χ2n) is 6.32. The van der Waals surface area contributed by atoms with E-state index in [2.05, 4.69) is 4.74 Å². The first-order valence-corrected chi connectivity index (χ1v) is 8.79. The molecule has 1 fully saturated rings. The molecule has 0 unspecified atom stereocenters. The first-order chi connectivity index (χ1) is 14.7. The fraction of sp³-hybridized carbons (Fsp3) is 0.167. The van der Waals surface area contributed by atoms with E-state index in [9.17, 15) is 40.7 Å². The highest BCUT2D eigenvalue weighted by Crippen LogP contribution is 2.36. The van der Waals surface area contributed by atoms with Crippen LogP contribution in [-0.2, 0) is 4.79 Å². The normalized spacial score (nSPS) is 19.0. The molecule has 170 valence electrons. The number of anilines is 1. The van der Waals surface area contributed by atoms with Crippen LogP contribution < -0.4 is 20.3 Å². The van der Waals surface area contributed by atoms with Gasteiger partial charge in [-0.1, -0.05) is 17.7 Å². The second kappa shape index (κ2) is 7.89. The molecule has 0 aromatic heterocycles. The lowest BCUT2D eigenvalue weighted by molar-refractivity contribution is -0.274. The number of hydrogen-bond donors (Lipinski definition) is 2. The molecule has 0 bridgehead atoms. The van der Waals surface area contributed by atoms with E-state index in [1.165, 1.54) is 22.8 Å². The molecule has 14 heteroatoms. The van der Waals surface area contributed by atoms with Crippen LogP contribution >= 0.6 is 11.6 Å². The van der Waals surface area contributed by atoms with Gasteiger partial charge in [0.25, 0.3) is 17.5 Å². The van der Waals surface area contributed by atoms with Crippen molar-refractivity contribution in [3.05, 3.63) is 59.1 Å². The van der Waals surface area contributed by atoms with E-state index in [-0.39, 0.29) is 15.5 Å². The van der Waals surface area contributed by atoms with Gasteiger partial charge in [0.05, 0.1) is 5.69 Å². The standard InChI is InChI=1S/C18H10ClF6N3O4/c19-10-3-1-2-9(8-10)13(29)26-16(17(20,21)22)14(30)28(15(31)27-16)11-4-6-12(7-5-11)32-18(23,24)25/h1-8H,(H,26,29)(H,27,31)/t16-/m0/s1. The lowest BCUT2D eigenvalue weighted by atomic mass is 10.1. The fourth-order valence-corrected chi connectivity index (χ4v) is 2.97. The van der Waals surface area contributed by atoms with Gasteiger partial charge in [-0.3, -0.25) is 14.9 Å². The number of carbonyl (C=O) groups excluding carboxylic acids is 3. The summed E-state index contributed by atoms with van der Waals surface area (Å²) in [5.74, 6) is -4.02. The highest BCUT2D eigenvalue weighted by molar-refractivity contribution is 6.31. The Morgan fingerprint density at radius 1 is 1.03 bits per heavy atom. The van der Waals surface area contributed by atoms with Gasteiger partial charge in [0.1, 0.15) is 5.75 Å². The van der Waals surface area contributed by atoms with Gasteiger partial charge in [0, 0.05) is 10.6 Å². The van der Waals surface area contributed by atoms with Gasteiger partial charge in [0.15, 0.2) is 0 Å². The number of rotatable bonds is 4. The Hall–Kier alpha value is -3.48. The largest absolute Gasteiger partial charge is 0.573 e. The number of imide groups is 1. The highest BCUT2D eigenvalue weighted by Gasteiger charge is 2.69. The zero-order chi connectivity index (χ0) is 23.9. The van der Waals surface area contributed by atoms with E-state index in [4.69, 9.17) is 11.6 Å². The zero-order valence-electron chi connectivity index (χ0n) is 15.3. The minimum absolute atomic E-state index is 0.0308. The predicted octanol–water partition coefficient (Wildman–Crippen LogP) is 3.98. The van der Waals surface area contributed by atoms with Gasteiger partial charge in [-0.15, -0.1) is 13.2 Å². The number of nitrogens with zero attached hydrogens (tertiary/aromatic N) is 1. The van der Waals surface area contributed by atoms with Gasteiger partial charge < -0.3 is 10.1 Å². The molecule has 3 rings (SSSR count). The molecule has 1 saturated heterocycles. The molecular weight excluding hydrogens is 472 g/mol. The number of alkyl halides is 6. The molecule has 4 amide bonds. The molecule has 2 N–H and O–H groups in total. The molecule has 0 spiro atoms. The summed E-state index contributed by atoms with van der Waals surface area (Å²) in [6.45, 7) is 0. The van der Waals surface area contributed by atoms with Gasteiger partial charge in [0.2, 0.25) is 0 Å². The molecule has 1 aliphatic rings. The number of amides is 4. The van der Waals surface area contributed by atoms with E-state index in [0.717, 1.165) is 24.3 Å². The molecule has 1 heterocycles. The third kappa shape index (κ3) is 4.42. The molecular formula is C18H10ClF6N3O4. The van der Waals surface area contributed by atoms with Crippen molar-refractivity contribution in [2.45, 2.75) is 18.2 Å². The number of carbonyl (C=O) groups is 3. The first kappa shape index (κ1) is 23.2. The van der Waals surface area contributed by atoms with Crippen LogP contribution in [0.1, 0.15) is 10.4 Å². The zero-order valence-corrected chi connectivity index (χ0v) is 16.1. The summed E-state index contributed by atoms with van der Waals surface area (Å²) in [6, 6.07) is 6.17. The maximum absolute atomic E-state index is 13.9. The third-order valence-corrected chi connectivity index (χ3v) is 4.40. The van der Waals surface area contributed by atoms with E-state index in [1.54, 1.807) is 0 Å². The number of nitrogens with one attached hydrogen (secondary N) is 2. The number of hydrogen-bond acceptors (Lipinski definition) is 4. The minimum Gasteiger partial charge on any atom is -0.406 e. The quantitative estimate of drug-likeness (QED) is 0.511. The van der Waals surface area contributed by atoms with Crippen molar-refractivity contribution in [3.8, 4) is 5.75 Å². The van der Waals surface area contributed by atoms with E-state index in [1.807, 2.05) is 0 Å². The summed E-state index contributed by atoms with van der Waals surface area (Å²) in [6.07, 6.45) is -10.5. The smallest absolute Gasteiger partial charge is 0.406 e. The van der Waals surface area contributed by atoms with Gasteiger partial charge in [-0.05, 0) is 42.5 Å². The molecule has 0 radical (unpaired) electrons. The van der Waals surface area contributed by atoms with Gasteiger partial charge in [-0.25, -0.2) is 9.69 Å². The topological polar surface area (TPSA) is 87.7 Å². The Bertz CT molecular complexity index is 1070. The van der Waals surface area contributed by atoms with Crippen LogP contribution in [0.25, 0.3) is 0 Å². The summed E-state index contributed by atoms with van der Waals surface area (Å²) in [5.41, 5.74) is -4.65. The Morgan fingerprint density at radius 3 is 2.19 bits per heavy atom. The SMILES string of the molecule is O=C(N[C@]1(C(F)(F)F)NC(=O)N(c2ccc(OC(F)(F)F)cc2)C1=O)c1cccc(Cl)c1. The molecule has 2 aromatic carbocycles. The molecule has 0 saturated carbocycles.